The van der Waals surface area contributed by atoms with Gasteiger partial charge < -0.3 is 19.8 Å². The molecule has 3 aromatic carbocycles. The molecule has 190 valence electrons. The number of rotatable bonds is 6. The van der Waals surface area contributed by atoms with Crippen molar-refractivity contribution in [2.24, 2.45) is 11.3 Å². The highest BCUT2D eigenvalue weighted by Crippen LogP contribution is 2.40. The van der Waals surface area contributed by atoms with Gasteiger partial charge in [-0.05, 0) is 29.7 Å². The Morgan fingerprint density at radius 2 is 1.70 bits per heavy atom. The highest BCUT2D eigenvalue weighted by atomic mass is 16.7. The summed E-state index contributed by atoms with van der Waals surface area (Å²) in [6, 6.07) is 24.4. The number of aromatic amines is 1. The Hall–Kier alpha value is -3.74. The van der Waals surface area contributed by atoms with Crippen molar-refractivity contribution >= 4 is 28.3 Å². The van der Waals surface area contributed by atoms with Crippen LogP contribution in [0.25, 0.3) is 22.2 Å². The number of carbonyl (C=O) groups excluding carboxylic acids is 2. The number of anilines is 1. The summed E-state index contributed by atoms with van der Waals surface area (Å²) in [5.74, 6) is -0.976. The van der Waals surface area contributed by atoms with Gasteiger partial charge in [-0.25, -0.2) is 0 Å². The van der Waals surface area contributed by atoms with Crippen LogP contribution in [0.1, 0.15) is 49.9 Å². The van der Waals surface area contributed by atoms with Crippen molar-refractivity contribution in [2.45, 2.75) is 40.1 Å². The molecule has 0 saturated carbocycles. The second-order valence-corrected chi connectivity index (χ2v) is 10.6. The van der Waals surface area contributed by atoms with Crippen molar-refractivity contribution in [2.75, 3.05) is 11.9 Å². The van der Waals surface area contributed by atoms with Crippen LogP contribution >= 0.6 is 0 Å². The van der Waals surface area contributed by atoms with Crippen molar-refractivity contribution in [1.29, 1.82) is 0 Å². The molecule has 1 amide bonds. The Kier molecular flexibility index (Phi) is 6.71. The molecule has 0 bridgehead atoms. The fourth-order valence-corrected chi connectivity index (χ4v) is 5.23. The predicted octanol–water partition coefficient (Wildman–Crippen LogP) is 6.75. The third-order valence-corrected chi connectivity index (χ3v) is 6.87. The summed E-state index contributed by atoms with van der Waals surface area (Å²) >= 11 is 0. The molecule has 2 atom stereocenters. The first-order valence-electron chi connectivity index (χ1n) is 12.6. The zero-order chi connectivity index (χ0) is 26.2. The molecule has 2 N–H and O–H groups in total. The number of hydrogen-bond acceptors (Lipinski definition) is 4. The molecule has 0 aliphatic carbocycles. The van der Waals surface area contributed by atoms with Gasteiger partial charge in [0.05, 0.1) is 24.0 Å². The Labute approximate surface area is 217 Å². The Morgan fingerprint density at radius 1 is 0.973 bits per heavy atom. The summed E-state index contributed by atoms with van der Waals surface area (Å²) in [6.07, 6.45) is -0.504. The number of benzene rings is 3. The third kappa shape index (κ3) is 4.95. The Bertz CT molecular complexity index is 1440. The minimum absolute atomic E-state index is 0.0318. The molecular formula is C31H32N2O4. The predicted molar refractivity (Wildman–Crippen MR) is 145 cm³/mol. The monoisotopic (exact) mass is 496 g/mol. The van der Waals surface area contributed by atoms with E-state index in [1.54, 1.807) is 12.1 Å². The summed E-state index contributed by atoms with van der Waals surface area (Å²) in [5.41, 5.74) is 3.83. The lowest BCUT2D eigenvalue weighted by atomic mass is 9.80. The van der Waals surface area contributed by atoms with Gasteiger partial charge in [-0.2, -0.15) is 0 Å². The van der Waals surface area contributed by atoms with Gasteiger partial charge in [0.15, 0.2) is 6.29 Å². The second kappa shape index (κ2) is 9.96. The molecule has 1 aliphatic heterocycles. The molecule has 1 aromatic heterocycles. The molecule has 37 heavy (non-hydrogen) atoms. The van der Waals surface area contributed by atoms with E-state index in [1.165, 1.54) is 0 Å². The lowest BCUT2D eigenvalue weighted by Gasteiger charge is -2.44. The van der Waals surface area contributed by atoms with Crippen molar-refractivity contribution in [3.8, 4) is 11.3 Å². The van der Waals surface area contributed by atoms with Crippen molar-refractivity contribution in [3.05, 3.63) is 90.0 Å². The number of ketones is 1. The van der Waals surface area contributed by atoms with E-state index in [0.29, 0.717) is 34.9 Å². The van der Waals surface area contributed by atoms with Gasteiger partial charge in [0.1, 0.15) is 0 Å². The number of fused-ring (bicyclic) bond motifs is 1. The molecule has 1 saturated heterocycles. The first-order valence-corrected chi connectivity index (χ1v) is 12.6. The zero-order valence-electron chi connectivity index (χ0n) is 21.6. The quantitative estimate of drug-likeness (QED) is 0.228. The van der Waals surface area contributed by atoms with E-state index in [1.807, 2.05) is 66.7 Å². The van der Waals surface area contributed by atoms with Gasteiger partial charge in [0, 0.05) is 27.6 Å². The van der Waals surface area contributed by atoms with Crippen LogP contribution in [-0.4, -0.2) is 29.4 Å². The molecule has 2 unspecified atom stereocenters. The SMILES string of the molecule is CC(C)C1OC(c2cccc(NC(=O)C(=O)c3c(-c4ccccc4)[nH]c4ccccc34)c2)OCC1(C)C. The maximum absolute atomic E-state index is 13.5. The van der Waals surface area contributed by atoms with Crippen LogP contribution in [0, 0.1) is 11.3 Å². The smallest absolute Gasteiger partial charge is 0.296 e. The van der Waals surface area contributed by atoms with Crippen molar-refractivity contribution in [1.82, 2.24) is 4.98 Å². The molecule has 6 nitrogen and oxygen atoms in total. The van der Waals surface area contributed by atoms with E-state index >= 15 is 0 Å². The molecular weight excluding hydrogens is 464 g/mol. The summed E-state index contributed by atoms with van der Waals surface area (Å²) < 4.78 is 12.4. The van der Waals surface area contributed by atoms with Crippen LogP contribution in [0.15, 0.2) is 78.9 Å². The number of ether oxygens (including phenoxy) is 2. The second-order valence-electron chi connectivity index (χ2n) is 10.6. The number of hydrogen-bond donors (Lipinski definition) is 2. The number of para-hydroxylation sites is 1. The lowest BCUT2D eigenvalue weighted by Crippen LogP contribution is -2.45. The van der Waals surface area contributed by atoms with E-state index in [4.69, 9.17) is 9.47 Å². The number of aromatic nitrogens is 1. The normalized spacial score (nSPS) is 19.2. The van der Waals surface area contributed by atoms with Gasteiger partial charge in [-0.3, -0.25) is 9.59 Å². The van der Waals surface area contributed by atoms with Gasteiger partial charge in [-0.1, -0.05) is 88.4 Å². The first kappa shape index (κ1) is 24.9. The van der Waals surface area contributed by atoms with Crippen LogP contribution in [0.5, 0.6) is 0 Å². The van der Waals surface area contributed by atoms with Gasteiger partial charge in [0.25, 0.3) is 11.7 Å². The fraction of sp³-hybridized carbons (Fsp3) is 0.290. The maximum atomic E-state index is 13.5. The van der Waals surface area contributed by atoms with E-state index in [-0.39, 0.29) is 11.5 Å². The van der Waals surface area contributed by atoms with Gasteiger partial charge >= 0.3 is 0 Å². The van der Waals surface area contributed by atoms with E-state index < -0.39 is 18.0 Å². The number of carbonyl (C=O) groups is 2. The first-order chi connectivity index (χ1) is 17.7. The third-order valence-electron chi connectivity index (χ3n) is 6.87. The number of H-pyrrole nitrogens is 1. The standard InChI is InChI=1S/C31H32N2O4/c1-19(2)28-31(3,4)18-36-30(37-28)21-13-10-14-22(17-21)32-29(35)27(34)25-23-15-8-9-16-24(23)33-26(25)20-11-6-5-7-12-20/h5-17,19,28,30,33H,18H2,1-4H3,(H,32,35). The van der Waals surface area contributed by atoms with E-state index in [2.05, 4.69) is 38.0 Å². The maximum Gasteiger partial charge on any atom is 0.296 e. The summed E-state index contributed by atoms with van der Waals surface area (Å²) in [7, 11) is 0. The molecule has 0 radical (unpaired) electrons. The molecule has 1 fully saturated rings. The largest absolute Gasteiger partial charge is 0.354 e. The van der Waals surface area contributed by atoms with Crippen LogP contribution in [0.4, 0.5) is 5.69 Å². The van der Waals surface area contributed by atoms with Crippen LogP contribution in [0.3, 0.4) is 0 Å². The fourth-order valence-electron chi connectivity index (χ4n) is 5.23. The number of nitrogens with one attached hydrogen (secondary N) is 2. The van der Waals surface area contributed by atoms with Crippen LogP contribution in [-0.2, 0) is 14.3 Å². The van der Waals surface area contributed by atoms with Crippen molar-refractivity contribution in [3.63, 3.8) is 0 Å². The average molecular weight is 497 g/mol. The molecule has 5 rings (SSSR count). The van der Waals surface area contributed by atoms with Gasteiger partial charge in [-0.15, -0.1) is 0 Å². The molecule has 6 heteroatoms. The highest BCUT2D eigenvalue weighted by Gasteiger charge is 2.40. The van der Waals surface area contributed by atoms with E-state index in [0.717, 1.165) is 16.6 Å². The summed E-state index contributed by atoms with van der Waals surface area (Å²) in [4.78, 5) is 30.0. The zero-order valence-corrected chi connectivity index (χ0v) is 21.6. The lowest BCUT2D eigenvalue weighted by molar-refractivity contribution is -0.274. The molecule has 2 heterocycles. The van der Waals surface area contributed by atoms with Gasteiger partial charge in [0.2, 0.25) is 0 Å². The number of amides is 1. The summed E-state index contributed by atoms with van der Waals surface area (Å²) in [5, 5.41) is 3.50. The van der Waals surface area contributed by atoms with Crippen molar-refractivity contribution < 1.29 is 19.1 Å². The van der Waals surface area contributed by atoms with Crippen LogP contribution in [0.2, 0.25) is 0 Å². The Morgan fingerprint density at radius 3 is 2.46 bits per heavy atom. The van der Waals surface area contributed by atoms with Crippen LogP contribution < -0.4 is 5.32 Å². The average Bonchev–Trinajstić information content (AvgIpc) is 3.28. The minimum Gasteiger partial charge on any atom is -0.354 e. The molecule has 4 aromatic rings. The topological polar surface area (TPSA) is 80.4 Å². The van der Waals surface area contributed by atoms with E-state index in [9.17, 15) is 9.59 Å². The number of Topliss-reactive ketones (excluding diaryl/α,β-unsaturated/α-hetero) is 1. The summed E-state index contributed by atoms with van der Waals surface area (Å²) in [6.45, 7) is 9.14. The minimum atomic E-state index is -0.703. The molecule has 0 spiro atoms. The molecule has 1 aliphatic rings. The highest BCUT2D eigenvalue weighted by molar-refractivity contribution is 6.49. The Balaban J connectivity index is 1.40.